The van der Waals surface area contributed by atoms with Crippen LogP contribution in [0.1, 0.15) is 23.4 Å². The van der Waals surface area contributed by atoms with E-state index in [2.05, 4.69) is 4.74 Å². The van der Waals surface area contributed by atoms with Crippen molar-refractivity contribution in [1.82, 2.24) is 0 Å². The van der Waals surface area contributed by atoms with Gasteiger partial charge in [0.1, 0.15) is 5.75 Å². The molecule has 0 aromatic carbocycles. The fourth-order valence-electron chi connectivity index (χ4n) is 1.23. The van der Waals surface area contributed by atoms with E-state index >= 15 is 0 Å². The minimum Gasteiger partial charge on any atom is -0.609 e. The molecule has 15 heavy (non-hydrogen) atoms. The lowest BCUT2D eigenvalue weighted by Gasteiger charge is -2.04. The third-order valence-corrected chi connectivity index (χ3v) is 3.72. The van der Waals surface area contributed by atoms with E-state index in [1.54, 1.807) is 6.07 Å². The predicted molar refractivity (Wildman–Crippen MR) is 54.0 cm³/mol. The van der Waals surface area contributed by atoms with E-state index in [-0.39, 0.29) is 5.76 Å². The molecular formula is C10H12O4S. The number of hydrogen-bond acceptors (Lipinski definition) is 4. The third-order valence-electron chi connectivity index (χ3n) is 2.28. The van der Waals surface area contributed by atoms with Crippen LogP contribution in [0.4, 0.5) is 0 Å². The molecule has 1 aliphatic rings. The molecule has 1 unspecified atom stereocenters. The highest BCUT2D eigenvalue weighted by atomic mass is 32.2. The van der Waals surface area contributed by atoms with E-state index in [9.17, 15) is 9.35 Å². The van der Waals surface area contributed by atoms with Crippen LogP contribution in [0.2, 0.25) is 0 Å². The summed E-state index contributed by atoms with van der Waals surface area (Å²) in [5.74, 6) is 0.771. The Labute approximate surface area is 90.8 Å². The van der Waals surface area contributed by atoms with Crippen LogP contribution >= 0.6 is 0 Å². The second-order valence-corrected chi connectivity index (χ2v) is 4.99. The Kier molecular flexibility index (Phi) is 3.02. The Morgan fingerprint density at radius 2 is 2.40 bits per heavy atom. The van der Waals surface area contributed by atoms with Gasteiger partial charge in [0, 0.05) is 23.2 Å². The van der Waals surface area contributed by atoms with Crippen molar-refractivity contribution in [2.75, 3.05) is 12.9 Å². The van der Waals surface area contributed by atoms with Crippen molar-refractivity contribution in [3.05, 3.63) is 17.9 Å². The van der Waals surface area contributed by atoms with Gasteiger partial charge in [0.2, 0.25) is 5.76 Å². The minimum absolute atomic E-state index is 0.108. The lowest BCUT2D eigenvalue weighted by atomic mass is 10.5. The zero-order valence-corrected chi connectivity index (χ0v) is 9.21. The zero-order valence-electron chi connectivity index (χ0n) is 8.39. The molecule has 0 spiro atoms. The maximum atomic E-state index is 11.7. The van der Waals surface area contributed by atoms with Crippen molar-refractivity contribution < 1.29 is 18.5 Å². The Hall–Kier alpha value is -0.940. The van der Waals surface area contributed by atoms with Gasteiger partial charge in [0.15, 0.2) is 0 Å². The first-order chi connectivity index (χ1) is 7.20. The van der Waals surface area contributed by atoms with Crippen molar-refractivity contribution in [3.63, 3.8) is 0 Å². The van der Waals surface area contributed by atoms with Gasteiger partial charge in [-0.2, -0.15) is 0 Å². The molecular weight excluding hydrogens is 216 g/mol. The van der Waals surface area contributed by atoms with Gasteiger partial charge in [0.25, 0.3) is 0 Å². The molecule has 0 saturated heterocycles. The van der Waals surface area contributed by atoms with Crippen LogP contribution in [0.5, 0.6) is 0 Å². The number of hydrogen-bond donors (Lipinski definition) is 0. The summed E-state index contributed by atoms with van der Waals surface area (Å²) < 4.78 is 21.3. The first kappa shape index (κ1) is 10.6. The summed E-state index contributed by atoms with van der Waals surface area (Å²) in [7, 11) is 1.28. The van der Waals surface area contributed by atoms with E-state index in [1.807, 2.05) is 0 Å². The second-order valence-electron chi connectivity index (χ2n) is 3.57. The Balaban J connectivity index is 2.01. The summed E-state index contributed by atoms with van der Waals surface area (Å²) in [6, 6.07) is 3.07. The molecule has 0 aliphatic heterocycles. The molecule has 82 valence electrons. The monoisotopic (exact) mass is 228 g/mol. The summed E-state index contributed by atoms with van der Waals surface area (Å²) >= 11 is -1.12. The third kappa shape index (κ3) is 2.54. The lowest BCUT2D eigenvalue weighted by molar-refractivity contribution is 0.0559. The van der Waals surface area contributed by atoms with Gasteiger partial charge in [-0.25, -0.2) is 4.79 Å². The molecule has 0 radical (unpaired) electrons. The molecule has 1 aromatic rings. The molecule has 1 aliphatic carbocycles. The largest absolute Gasteiger partial charge is 0.609 e. The molecule has 1 atom stereocenters. The topological polar surface area (TPSA) is 62.5 Å². The maximum Gasteiger partial charge on any atom is 0.374 e. The van der Waals surface area contributed by atoms with E-state index in [0.717, 1.165) is 12.8 Å². The first-order valence-electron chi connectivity index (χ1n) is 4.77. The molecule has 0 bridgehead atoms. The second kappa shape index (κ2) is 4.28. The normalized spacial score (nSPS) is 17.5. The van der Waals surface area contributed by atoms with Crippen LogP contribution in [0.25, 0.3) is 0 Å². The van der Waals surface area contributed by atoms with Crippen LogP contribution in [-0.4, -0.2) is 23.4 Å². The molecule has 5 heteroatoms. The van der Waals surface area contributed by atoms with Crippen LogP contribution in [0, 0.1) is 5.92 Å². The molecule has 1 saturated carbocycles. The van der Waals surface area contributed by atoms with Gasteiger partial charge in [-0.15, -0.1) is 0 Å². The van der Waals surface area contributed by atoms with Gasteiger partial charge in [-0.05, 0) is 18.9 Å². The van der Waals surface area contributed by atoms with Crippen molar-refractivity contribution in [2.45, 2.75) is 17.9 Å². The highest BCUT2D eigenvalue weighted by Crippen LogP contribution is 2.32. The molecule has 1 heterocycles. The Bertz CT molecular complexity index is 356. The van der Waals surface area contributed by atoms with Crippen LogP contribution in [0.3, 0.4) is 0 Å². The van der Waals surface area contributed by atoms with E-state index < -0.39 is 17.1 Å². The number of ether oxygens (including phenoxy) is 1. The fraction of sp³-hybridized carbons (Fsp3) is 0.500. The molecule has 1 aromatic heterocycles. The molecule has 0 amide bonds. The Morgan fingerprint density at radius 3 is 3.00 bits per heavy atom. The van der Waals surface area contributed by atoms with Gasteiger partial charge in [-0.1, -0.05) is 0 Å². The van der Waals surface area contributed by atoms with Crippen LogP contribution in [-0.2, 0) is 15.9 Å². The number of carbonyl (C=O) groups is 1. The van der Waals surface area contributed by atoms with E-state index in [0.29, 0.717) is 16.8 Å². The summed E-state index contributed by atoms with van der Waals surface area (Å²) in [4.78, 5) is 11.1. The average molecular weight is 228 g/mol. The SMILES string of the molecule is COC(=O)c1ccc([S+]([O-])CC2CC2)o1. The molecule has 2 rings (SSSR count). The summed E-state index contributed by atoms with van der Waals surface area (Å²) in [5.41, 5.74) is 0. The maximum absolute atomic E-state index is 11.7. The number of rotatable bonds is 4. The van der Waals surface area contributed by atoms with Crippen molar-refractivity contribution in [3.8, 4) is 0 Å². The smallest absolute Gasteiger partial charge is 0.374 e. The first-order valence-corrected chi connectivity index (χ1v) is 6.09. The highest BCUT2D eigenvalue weighted by Gasteiger charge is 2.30. The van der Waals surface area contributed by atoms with Gasteiger partial charge < -0.3 is 13.7 Å². The van der Waals surface area contributed by atoms with Crippen LogP contribution < -0.4 is 0 Å². The van der Waals surface area contributed by atoms with Crippen LogP contribution in [0.15, 0.2) is 21.6 Å². The predicted octanol–water partition coefficient (Wildman–Crippen LogP) is 1.58. The van der Waals surface area contributed by atoms with E-state index in [4.69, 9.17) is 4.42 Å². The fourth-order valence-corrected chi connectivity index (χ4v) is 2.56. The Morgan fingerprint density at radius 1 is 1.67 bits per heavy atom. The molecule has 1 fully saturated rings. The summed E-state index contributed by atoms with van der Waals surface area (Å²) in [5, 5.41) is 0.363. The van der Waals surface area contributed by atoms with E-state index in [1.165, 1.54) is 13.2 Å². The lowest BCUT2D eigenvalue weighted by Crippen LogP contribution is -2.07. The number of carbonyl (C=O) groups excluding carboxylic acids is 1. The van der Waals surface area contributed by atoms with Crippen molar-refractivity contribution in [2.24, 2.45) is 5.92 Å². The minimum atomic E-state index is -1.12. The quantitative estimate of drug-likeness (QED) is 0.580. The standard InChI is InChI=1S/C10H12O4S/c1-13-10(11)8-4-5-9(14-8)15(12)6-7-2-3-7/h4-5,7H,2-3,6H2,1H3. The van der Waals surface area contributed by atoms with Crippen molar-refractivity contribution in [1.29, 1.82) is 0 Å². The van der Waals surface area contributed by atoms with Gasteiger partial charge >= 0.3 is 11.1 Å². The van der Waals surface area contributed by atoms with Gasteiger partial charge in [0.05, 0.1) is 7.11 Å². The number of furan rings is 1. The summed E-state index contributed by atoms with van der Waals surface area (Å²) in [6.07, 6.45) is 2.30. The number of methoxy groups -OCH3 is 1. The average Bonchev–Trinajstić information content (AvgIpc) is 2.91. The molecule has 4 nitrogen and oxygen atoms in total. The highest BCUT2D eigenvalue weighted by molar-refractivity contribution is 7.91. The molecule has 0 N–H and O–H groups in total. The number of esters is 1. The van der Waals surface area contributed by atoms with Gasteiger partial charge in [-0.3, -0.25) is 0 Å². The summed E-state index contributed by atoms with van der Waals surface area (Å²) in [6.45, 7) is 0. The zero-order chi connectivity index (χ0) is 10.8. The van der Waals surface area contributed by atoms with Crippen molar-refractivity contribution >= 4 is 17.1 Å².